The van der Waals surface area contributed by atoms with Crippen molar-refractivity contribution in [1.82, 2.24) is 24.8 Å². The summed E-state index contributed by atoms with van der Waals surface area (Å²) in [6.07, 6.45) is 4.20. The first-order chi connectivity index (χ1) is 13.6. The third-order valence-corrected chi connectivity index (χ3v) is 5.58. The Hall–Kier alpha value is -3.07. The molecule has 28 heavy (non-hydrogen) atoms. The maximum atomic E-state index is 12.2. The van der Waals surface area contributed by atoms with E-state index in [0.29, 0.717) is 19.8 Å². The highest BCUT2D eigenvalue weighted by Gasteiger charge is 2.27. The number of aromatic nitrogens is 5. The Kier molecular flexibility index (Phi) is 3.97. The maximum absolute atomic E-state index is 12.2. The smallest absolute Gasteiger partial charge is 0.232 e. The number of pyridine rings is 1. The van der Waals surface area contributed by atoms with E-state index in [1.165, 1.54) is 0 Å². The fourth-order valence-electron chi connectivity index (χ4n) is 3.67. The molecule has 3 aromatic rings. The molecule has 5 rings (SSSR count). The number of fused-ring (bicyclic) bond motifs is 2. The molecule has 1 amide bonds. The molecule has 0 aliphatic carbocycles. The van der Waals surface area contributed by atoms with Crippen molar-refractivity contribution in [2.45, 2.75) is 26.8 Å². The van der Waals surface area contributed by atoms with Gasteiger partial charge in [-0.3, -0.25) is 9.78 Å². The number of carbonyl (C=O) groups is 1. The summed E-state index contributed by atoms with van der Waals surface area (Å²) in [5.41, 5.74) is 5.87. The topological polar surface area (TPSA) is 97.5 Å². The van der Waals surface area contributed by atoms with Crippen LogP contribution in [0.2, 0.25) is 0 Å². The number of amides is 1. The summed E-state index contributed by atoms with van der Waals surface area (Å²) in [6.45, 7) is 6.63. The molecule has 2 aliphatic rings. The molecule has 2 aliphatic heterocycles. The van der Waals surface area contributed by atoms with E-state index >= 15 is 0 Å². The van der Waals surface area contributed by atoms with Gasteiger partial charge in [-0.05, 0) is 25.5 Å². The van der Waals surface area contributed by atoms with Gasteiger partial charge in [-0.2, -0.15) is 4.52 Å². The van der Waals surface area contributed by atoms with Gasteiger partial charge < -0.3 is 15.0 Å². The van der Waals surface area contributed by atoms with Crippen molar-refractivity contribution in [2.75, 3.05) is 30.0 Å². The van der Waals surface area contributed by atoms with Crippen LogP contribution in [0.4, 0.5) is 11.5 Å². The molecule has 1 N–H and O–H groups in total. The lowest BCUT2D eigenvalue weighted by Crippen LogP contribution is -2.38. The van der Waals surface area contributed by atoms with Gasteiger partial charge in [-0.15, -0.1) is 15.3 Å². The first kappa shape index (κ1) is 17.1. The van der Waals surface area contributed by atoms with Crippen LogP contribution in [-0.2, 0) is 22.5 Å². The Balaban J connectivity index is 1.42. The average Bonchev–Trinajstić information content (AvgIpc) is 3.11. The Labute approximate surface area is 161 Å². The lowest BCUT2D eigenvalue weighted by atomic mass is 10.0. The molecule has 0 radical (unpaired) electrons. The van der Waals surface area contributed by atoms with E-state index in [-0.39, 0.29) is 11.8 Å². The molecule has 9 heteroatoms. The van der Waals surface area contributed by atoms with E-state index < -0.39 is 0 Å². The second kappa shape index (κ2) is 6.52. The van der Waals surface area contributed by atoms with Gasteiger partial charge in [0, 0.05) is 36.3 Å². The van der Waals surface area contributed by atoms with Crippen LogP contribution in [0.3, 0.4) is 0 Å². The fourth-order valence-corrected chi connectivity index (χ4v) is 3.67. The van der Waals surface area contributed by atoms with Crippen molar-refractivity contribution in [3.05, 3.63) is 41.0 Å². The van der Waals surface area contributed by atoms with Crippen LogP contribution >= 0.6 is 0 Å². The summed E-state index contributed by atoms with van der Waals surface area (Å²) in [5.74, 6) is 0.862. The molecule has 0 aromatic carbocycles. The zero-order valence-electron chi connectivity index (χ0n) is 15.8. The van der Waals surface area contributed by atoms with E-state index in [9.17, 15) is 4.79 Å². The largest absolute Gasteiger partial charge is 0.380 e. The fraction of sp³-hybridized carbons (Fsp3) is 0.421. The molecule has 1 saturated heterocycles. The van der Waals surface area contributed by atoms with Gasteiger partial charge in [0.05, 0.1) is 31.0 Å². The first-order valence-corrected chi connectivity index (χ1v) is 9.38. The second-order valence-electron chi connectivity index (χ2n) is 7.40. The van der Waals surface area contributed by atoms with Gasteiger partial charge in [-0.1, -0.05) is 0 Å². The Morgan fingerprint density at radius 3 is 2.93 bits per heavy atom. The van der Waals surface area contributed by atoms with Crippen molar-refractivity contribution in [3.63, 3.8) is 0 Å². The van der Waals surface area contributed by atoms with Crippen LogP contribution in [-0.4, -0.2) is 50.5 Å². The van der Waals surface area contributed by atoms with Crippen LogP contribution in [0.5, 0.6) is 0 Å². The Morgan fingerprint density at radius 1 is 1.29 bits per heavy atom. The lowest BCUT2D eigenvalue weighted by molar-refractivity contribution is -0.133. The molecule has 0 unspecified atom stereocenters. The minimum atomic E-state index is -0.0575. The van der Waals surface area contributed by atoms with E-state index in [0.717, 1.165) is 52.5 Å². The maximum Gasteiger partial charge on any atom is 0.232 e. The number of nitrogens with one attached hydrogen (secondary N) is 1. The molecule has 0 spiro atoms. The molecule has 0 bridgehead atoms. The predicted molar refractivity (Wildman–Crippen MR) is 102 cm³/mol. The minimum Gasteiger partial charge on any atom is -0.380 e. The number of nitrogens with zero attached hydrogens (tertiary/aromatic N) is 6. The van der Waals surface area contributed by atoms with Crippen molar-refractivity contribution in [1.29, 1.82) is 0 Å². The highest BCUT2D eigenvalue weighted by atomic mass is 16.5. The van der Waals surface area contributed by atoms with E-state index in [1.54, 1.807) is 17.0 Å². The van der Waals surface area contributed by atoms with Crippen LogP contribution in [0.25, 0.3) is 5.65 Å². The van der Waals surface area contributed by atoms with Gasteiger partial charge in [0.15, 0.2) is 11.5 Å². The molecular formula is C19H21N7O2. The van der Waals surface area contributed by atoms with E-state index in [1.807, 2.05) is 13.0 Å². The number of carbonyl (C=O) groups excluding carboxylic acids is 1. The monoisotopic (exact) mass is 379 g/mol. The van der Waals surface area contributed by atoms with E-state index in [4.69, 9.17) is 9.84 Å². The zero-order chi connectivity index (χ0) is 19.3. The molecule has 0 saturated carbocycles. The second-order valence-corrected chi connectivity index (χ2v) is 7.40. The number of rotatable bonds is 3. The number of ether oxygens (including phenoxy) is 1. The quantitative estimate of drug-likeness (QED) is 0.732. The number of anilines is 2. The van der Waals surface area contributed by atoms with Gasteiger partial charge >= 0.3 is 0 Å². The summed E-state index contributed by atoms with van der Waals surface area (Å²) in [7, 11) is 0. The van der Waals surface area contributed by atoms with Crippen molar-refractivity contribution >= 4 is 23.1 Å². The van der Waals surface area contributed by atoms with Crippen LogP contribution in [0.1, 0.15) is 22.4 Å². The normalized spacial score (nSPS) is 16.7. The van der Waals surface area contributed by atoms with Crippen molar-refractivity contribution in [2.24, 2.45) is 5.92 Å². The number of aryl methyl sites for hydroxylation is 1. The SMILES string of the molecule is Cc1c(N2CCc3ncc(NC(=O)C4COC4)cc3C2)nn2cnnc2c1C. The summed E-state index contributed by atoms with van der Waals surface area (Å²) in [6, 6.07) is 2.02. The van der Waals surface area contributed by atoms with Crippen LogP contribution in [0, 0.1) is 19.8 Å². The van der Waals surface area contributed by atoms with Gasteiger partial charge in [0.1, 0.15) is 6.33 Å². The molecule has 9 nitrogen and oxygen atoms in total. The third kappa shape index (κ3) is 2.78. The summed E-state index contributed by atoms with van der Waals surface area (Å²) in [5, 5.41) is 15.8. The van der Waals surface area contributed by atoms with Gasteiger partial charge in [0.25, 0.3) is 0 Å². The molecule has 1 fully saturated rings. The van der Waals surface area contributed by atoms with Crippen LogP contribution in [0.15, 0.2) is 18.6 Å². The first-order valence-electron chi connectivity index (χ1n) is 9.38. The van der Waals surface area contributed by atoms with Crippen molar-refractivity contribution in [3.8, 4) is 0 Å². The zero-order valence-corrected chi connectivity index (χ0v) is 15.8. The Bertz CT molecular complexity index is 1070. The number of hydrogen-bond donors (Lipinski definition) is 1. The summed E-state index contributed by atoms with van der Waals surface area (Å²) in [4.78, 5) is 19.0. The van der Waals surface area contributed by atoms with Gasteiger partial charge in [0.2, 0.25) is 5.91 Å². The molecule has 0 atom stereocenters. The van der Waals surface area contributed by atoms with E-state index in [2.05, 4.69) is 32.3 Å². The summed E-state index contributed by atoms with van der Waals surface area (Å²) < 4.78 is 6.82. The Morgan fingerprint density at radius 2 is 2.14 bits per heavy atom. The van der Waals surface area contributed by atoms with Crippen molar-refractivity contribution < 1.29 is 9.53 Å². The lowest BCUT2D eigenvalue weighted by Gasteiger charge is -2.31. The third-order valence-electron chi connectivity index (χ3n) is 5.58. The standard InChI is InChI=1S/C19H21N7O2/c1-11-12(2)18(24-26-10-21-23-17(11)26)25-4-3-16-13(7-25)5-15(6-20-16)22-19(27)14-8-28-9-14/h5-6,10,14H,3-4,7-9H2,1-2H3,(H,22,27). The van der Waals surface area contributed by atoms with Gasteiger partial charge in [-0.25, -0.2) is 0 Å². The molecule has 5 heterocycles. The average molecular weight is 379 g/mol. The molecular weight excluding hydrogens is 358 g/mol. The van der Waals surface area contributed by atoms with Crippen LogP contribution < -0.4 is 10.2 Å². The predicted octanol–water partition coefficient (Wildman–Crippen LogP) is 1.28. The summed E-state index contributed by atoms with van der Waals surface area (Å²) >= 11 is 0. The number of hydrogen-bond acceptors (Lipinski definition) is 7. The highest BCUT2D eigenvalue weighted by molar-refractivity contribution is 5.93. The minimum absolute atomic E-state index is 0.00754. The highest BCUT2D eigenvalue weighted by Crippen LogP contribution is 2.28. The molecule has 3 aromatic heterocycles. The molecule has 144 valence electrons.